The Kier molecular flexibility index (Phi) is 2.55. The summed E-state index contributed by atoms with van der Waals surface area (Å²) in [5, 5.41) is 2.02. The molecule has 1 fully saturated rings. The summed E-state index contributed by atoms with van der Waals surface area (Å²) in [4.78, 5) is 6.98. The normalized spacial score (nSPS) is 20.2. The van der Waals surface area contributed by atoms with Gasteiger partial charge in [0.1, 0.15) is 5.82 Å². The number of hydrazine groups is 1. The van der Waals surface area contributed by atoms with E-state index in [-0.39, 0.29) is 0 Å². The molecule has 3 N–H and O–H groups in total. The third-order valence-corrected chi connectivity index (χ3v) is 3.47. The SMILES string of the molecule is CN1Cc2cc(N)c(N3CCCCC3)nc2N1. The third kappa shape index (κ3) is 1.91. The van der Waals surface area contributed by atoms with E-state index in [4.69, 9.17) is 5.73 Å². The lowest BCUT2D eigenvalue weighted by Gasteiger charge is -2.29. The maximum absolute atomic E-state index is 6.12. The first-order valence-corrected chi connectivity index (χ1v) is 6.26. The van der Waals surface area contributed by atoms with E-state index in [2.05, 4.69) is 21.4 Å². The zero-order valence-corrected chi connectivity index (χ0v) is 10.2. The Balaban J connectivity index is 1.92. The van der Waals surface area contributed by atoms with Gasteiger partial charge in [-0.3, -0.25) is 0 Å². The van der Waals surface area contributed by atoms with E-state index in [1.54, 1.807) is 0 Å². The highest BCUT2D eigenvalue weighted by molar-refractivity contribution is 5.69. The second kappa shape index (κ2) is 4.07. The molecule has 5 nitrogen and oxygen atoms in total. The molecular weight excluding hydrogens is 214 g/mol. The summed E-state index contributed by atoms with van der Waals surface area (Å²) in [6, 6.07) is 2.06. The molecule has 2 aliphatic rings. The number of anilines is 3. The van der Waals surface area contributed by atoms with Crippen molar-refractivity contribution in [2.45, 2.75) is 25.8 Å². The molecule has 92 valence electrons. The molecule has 3 heterocycles. The van der Waals surface area contributed by atoms with E-state index in [0.29, 0.717) is 0 Å². The second-order valence-electron chi connectivity index (χ2n) is 4.92. The van der Waals surface area contributed by atoms with Gasteiger partial charge in [-0.2, -0.15) is 0 Å². The molecule has 0 aliphatic carbocycles. The van der Waals surface area contributed by atoms with Crippen molar-refractivity contribution in [2.75, 3.05) is 36.2 Å². The van der Waals surface area contributed by atoms with E-state index in [0.717, 1.165) is 37.0 Å². The van der Waals surface area contributed by atoms with Gasteiger partial charge in [0, 0.05) is 32.2 Å². The predicted molar refractivity (Wildman–Crippen MR) is 69.8 cm³/mol. The Bertz CT molecular complexity index is 425. The lowest BCUT2D eigenvalue weighted by Crippen LogP contribution is -2.31. The fraction of sp³-hybridized carbons (Fsp3) is 0.583. The fourth-order valence-electron chi connectivity index (χ4n) is 2.62. The number of piperidine rings is 1. The van der Waals surface area contributed by atoms with E-state index in [1.807, 2.05) is 12.1 Å². The number of hydrogen-bond acceptors (Lipinski definition) is 5. The number of nitrogen functional groups attached to an aromatic ring is 1. The minimum Gasteiger partial charge on any atom is -0.396 e. The molecule has 0 saturated carbocycles. The molecule has 0 amide bonds. The Morgan fingerprint density at radius 3 is 2.82 bits per heavy atom. The second-order valence-corrected chi connectivity index (χ2v) is 4.92. The van der Waals surface area contributed by atoms with Crippen LogP contribution in [0.1, 0.15) is 24.8 Å². The number of aromatic nitrogens is 1. The highest BCUT2D eigenvalue weighted by Crippen LogP contribution is 2.31. The Labute approximate surface area is 102 Å². The van der Waals surface area contributed by atoms with Crippen molar-refractivity contribution in [3.05, 3.63) is 11.6 Å². The standard InChI is InChI=1S/C12H19N5/c1-16-8-9-7-10(13)12(14-11(9)15-16)17-5-3-2-4-6-17/h7H,2-6,8,13H2,1H3,(H,14,15). The zero-order valence-electron chi connectivity index (χ0n) is 10.2. The molecule has 3 rings (SSSR count). The number of pyridine rings is 1. The molecule has 1 saturated heterocycles. The molecule has 0 radical (unpaired) electrons. The molecule has 0 bridgehead atoms. The van der Waals surface area contributed by atoms with Crippen molar-refractivity contribution in [1.82, 2.24) is 9.99 Å². The minimum absolute atomic E-state index is 0.808. The van der Waals surface area contributed by atoms with Gasteiger partial charge in [0.25, 0.3) is 0 Å². The quantitative estimate of drug-likeness (QED) is 0.768. The molecule has 1 aromatic heterocycles. The lowest BCUT2D eigenvalue weighted by molar-refractivity contribution is 0.422. The molecule has 0 aromatic carbocycles. The van der Waals surface area contributed by atoms with Crippen LogP contribution in [0.3, 0.4) is 0 Å². The number of nitrogens with zero attached hydrogens (tertiary/aromatic N) is 3. The summed E-state index contributed by atoms with van der Waals surface area (Å²) >= 11 is 0. The van der Waals surface area contributed by atoms with E-state index >= 15 is 0 Å². The van der Waals surface area contributed by atoms with Crippen molar-refractivity contribution in [2.24, 2.45) is 0 Å². The van der Waals surface area contributed by atoms with Gasteiger partial charge < -0.3 is 16.1 Å². The van der Waals surface area contributed by atoms with Crippen LogP contribution < -0.4 is 16.1 Å². The van der Waals surface area contributed by atoms with E-state index in [9.17, 15) is 0 Å². The molecular formula is C12H19N5. The van der Waals surface area contributed by atoms with Crippen LogP contribution in [-0.2, 0) is 6.54 Å². The van der Waals surface area contributed by atoms with Gasteiger partial charge in [-0.05, 0) is 25.3 Å². The largest absolute Gasteiger partial charge is 0.396 e. The van der Waals surface area contributed by atoms with Crippen LogP contribution in [-0.4, -0.2) is 30.1 Å². The monoisotopic (exact) mass is 233 g/mol. The molecule has 1 aromatic rings. The molecule has 0 atom stereocenters. The van der Waals surface area contributed by atoms with Gasteiger partial charge in [-0.25, -0.2) is 9.99 Å². The highest BCUT2D eigenvalue weighted by atomic mass is 15.5. The van der Waals surface area contributed by atoms with Gasteiger partial charge in [-0.15, -0.1) is 0 Å². The van der Waals surface area contributed by atoms with Crippen molar-refractivity contribution in [1.29, 1.82) is 0 Å². The molecule has 5 heteroatoms. The summed E-state index contributed by atoms with van der Waals surface area (Å²) in [5.74, 6) is 1.91. The van der Waals surface area contributed by atoms with Gasteiger partial charge >= 0.3 is 0 Å². The first-order valence-electron chi connectivity index (χ1n) is 6.26. The van der Waals surface area contributed by atoms with Crippen LogP contribution in [0.25, 0.3) is 0 Å². The zero-order chi connectivity index (χ0) is 11.8. The number of hydrogen-bond donors (Lipinski definition) is 2. The lowest BCUT2D eigenvalue weighted by atomic mass is 10.1. The topological polar surface area (TPSA) is 57.4 Å². The molecule has 17 heavy (non-hydrogen) atoms. The first-order chi connectivity index (χ1) is 8.24. The first kappa shape index (κ1) is 10.7. The number of nitrogens with one attached hydrogen (secondary N) is 1. The van der Waals surface area contributed by atoms with Crippen LogP contribution in [0, 0.1) is 0 Å². The maximum Gasteiger partial charge on any atom is 0.154 e. The van der Waals surface area contributed by atoms with Crippen molar-refractivity contribution in [3.8, 4) is 0 Å². The van der Waals surface area contributed by atoms with Gasteiger partial charge in [0.15, 0.2) is 5.82 Å². The van der Waals surface area contributed by atoms with Gasteiger partial charge in [0.05, 0.1) is 5.69 Å². The van der Waals surface area contributed by atoms with Crippen LogP contribution in [0.2, 0.25) is 0 Å². The van der Waals surface area contributed by atoms with Crippen LogP contribution in [0.4, 0.5) is 17.3 Å². The van der Waals surface area contributed by atoms with Crippen LogP contribution >= 0.6 is 0 Å². The Morgan fingerprint density at radius 2 is 2.06 bits per heavy atom. The average Bonchev–Trinajstić information content (AvgIpc) is 2.68. The Hall–Kier alpha value is -1.49. The number of nitrogens with two attached hydrogens (primary N) is 1. The predicted octanol–water partition coefficient (Wildman–Crippen LogP) is 1.43. The third-order valence-electron chi connectivity index (χ3n) is 3.47. The van der Waals surface area contributed by atoms with E-state index < -0.39 is 0 Å². The van der Waals surface area contributed by atoms with Gasteiger partial charge in [-0.1, -0.05) is 0 Å². The van der Waals surface area contributed by atoms with Crippen LogP contribution in [0.5, 0.6) is 0 Å². The molecule has 0 unspecified atom stereocenters. The number of rotatable bonds is 1. The summed E-state index contributed by atoms with van der Waals surface area (Å²) in [6.45, 7) is 3.02. The summed E-state index contributed by atoms with van der Waals surface area (Å²) < 4.78 is 0. The smallest absolute Gasteiger partial charge is 0.154 e. The minimum atomic E-state index is 0.808. The molecule has 0 spiro atoms. The average molecular weight is 233 g/mol. The highest BCUT2D eigenvalue weighted by Gasteiger charge is 2.21. The Morgan fingerprint density at radius 1 is 1.29 bits per heavy atom. The summed E-state index contributed by atoms with van der Waals surface area (Å²) in [5.41, 5.74) is 11.4. The fourth-order valence-corrected chi connectivity index (χ4v) is 2.62. The van der Waals surface area contributed by atoms with Gasteiger partial charge in [0.2, 0.25) is 0 Å². The summed E-state index contributed by atoms with van der Waals surface area (Å²) in [7, 11) is 2.01. The number of fused-ring (bicyclic) bond motifs is 1. The van der Waals surface area contributed by atoms with Crippen LogP contribution in [0.15, 0.2) is 6.07 Å². The van der Waals surface area contributed by atoms with Crippen molar-refractivity contribution < 1.29 is 0 Å². The summed E-state index contributed by atoms with van der Waals surface area (Å²) in [6.07, 6.45) is 3.80. The van der Waals surface area contributed by atoms with Crippen molar-refractivity contribution >= 4 is 17.3 Å². The van der Waals surface area contributed by atoms with E-state index in [1.165, 1.54) is 24.8 Å². The molecule has 2 aliphatic heterocycles. The maximum atomic E-state index is 6.12. The van der Waals surface area contributed by atoms with Crippen molar-refractivity contribution in [3.63, 3.8) is 0 Å².